The van der Waals surface area contributed by atoms with Crippen molar-refractivity contribution in [1.29, 1.82) is 0 Å². The van der Waals surface area contributed by atoms with Crippen LogP contribution in [0.3, 0.4) is 0 Å². The number of hydrogen-bond acceptors (Lipinski definition) is 4. The molecule has 0 bridgehead atoms. The minimum atomic E-state index is -0.667. The molecule has 0 saturated carbocycles. The second-order valence-electron chi connectivity index (χ2n) is 4.97. The van der Waals surface area contributed by atoms with Gasteiger partial charge in [-0.15, -0.1) is 0 Å². The summed E-state index contributed by atoms with van der Waals surface area (Å²) >= 11 is 0. The van der Waals surface area contributed by atoms with Crippen LogP contribution in [0, 0.1) is 17.6 Å². The minimum absolute atomic E-state index is 0.0502. The maximum absolute atomic E-state index is 13.3. The van der Waals surface area contributed by atoms with E-state index in [4.69, 9.17) is 9.47 Å². The van der Waals surface area contributed by atoms with Crippen LogP contribution >= 0.6 is 0 Å². The molecular formula is C15H18F2O4. The molecule has 1 rings (SSSR count). The Morgan fingerprint density at radius 3 is 2.33 bits per heavy atom. The molecular weight excluding hydrogens is 282 g/mol. The normalized spacial score (nSPS) is 10.5. The molecule has 0 fully saturated rings. The van der Waals surface area contributed by atoms with Crippen molar-refractivity contribution in [2.24, 2.45) is 5.92 Å². The van der Waals surface area contributed by atoms with Crippen LogP contribution in [0.5, 0.6) is 0 Å². The predicted octanol–water partition coefficient (Wildman–Crippen LogP) is 2.99. The predicted molar refractivity (Wildman–Crippen MR) is 71.2 cm³/mol. The van der Waals surface area contributed by atoms with Crippen LogP contribution in [0.1, 0.15) is 32.3 Å². The van der Waals surface area contributed by atoms with Crippen molar-refractivity contribution in [1.82, 2.24) is 0 Å². The van der Waals surface area contributed by atoms with Gasteiger partial charge in [0.15, 0.2) is 0 Å². The smallest absolute Gasteiger partial charge is 0.306 e. The summed E-state index contributed by atoms with van der Waals surface area (Å²) in [7, 11) is 0. The molecule has 0 N–H and O–H groups in total. The molecule has 116 valence electrons. The fourth-order valence-electron chi connectivity index (χ4n) is 1.42. The number of carbonyl (C=O) groups excluding carboxylic acids is 2. The van der Waals surface area contributed by atoms with Gasteiger partial charge in [-0.2, -0.15) is 0 Å². The van der Waals surface area contributed by atoms with Crippen molar-refractivity contribution < 1.29 is 27.8 Å². The van der Waals surface area contributed by atoms with E-state index in [0.717, 1.165) is 18.2 Å². The summed E-state index contributed by atoms with van der Waals surface area (Å²) in [5, 5.41) is 0. The molecule has 0 aromatic heterocycles. The van der Waals surface area contributed by atoms with Gasteiger partial charge < -0.3 is 9.47 Å². The van der Waals surface area contributed by atoms with E-state index in [0.29, 0.717) is 6.61 Å². The van der Waals surface area contributed by atoms with Crippen LogP contribution in [-0.4, -0.2) is 18.5 Å². The van der Waals surface area contributed by atoms with Gasteiger partial charge in [0.1, 0.15) is 18.2 Å². The summed E-state index contributed by atoms with van der Waals surface area (Å²) in [6.07, 6.45) is -0.259. The quantitative estimate of drug-likeness (QED) is 0.726. The van der Waals surface area contributed by atoms with Crippen molar-refractivity contribution in [2.75, 3.05) is 6.61 Å². The first kappa shape index (κ1) is 17.1. The number of carbonyl (C=O) groups is 2. The van der Waals surface area contributed by atoms with Gasteiger partial charge in [-0.1, -0.05) is 13.8 Å². The largest absolute Gasteiger partial charge is 0.465 e. The summed E-state index contributed by atoms with van der Waals surface area (Å²) < 4.78 is 35.9. The molecule has 0 amide bonds. The Kier molecular flexibility index (Phi) is 6.78. The molecule has 21 heavy (non-hydrogen) atoms. The van der Waals surface area contributed by atoms with E-state index in [1.807, 2.05) is 13.8 Å². The summed E-state index contributed by atoms with van der Waals surface area (Å²) in [4.78, 5) is 22.7. The Labute approximate surface area is 122 Å². The molecule has 4 nitrogen and oxygen atoms in total. The van der Waals surface area contributed by atoms with Crippen LogP contribution < -0.4 is 0 Å². The van der Waals surface area contributed by atoms with E-state index >= 15 is 0 Å². The standard InChI is InChI=1S/C15H18F2O4/c1-10(2)8-20-14(18)5-6-15(19)21-9-11-7-12(16)3-4-13(11)17/h3-4,7,10H,5-6,8-9H2,1-2H3. The van der Waals surface area contributed by atoms with E-state index in [1.165, 1.54) is 0 Å². The number of hydrogen-bond donors (Lipinski definition) is 0. The fraction of sp³-hybridized carbons (Fsp3) is 0.467. The number of halogens is 2. The maximum atomic E-state index is 13.3. The summed E-state index contributed by atoms with van der Waals surface area (Å²) in [5.74, 6) is -2.20. The van der Waals surface area contributed by atoms with E-state index in [-0.39, 0.29) is 30.9 Å². The molecule has 0 aliphatic carbocycles. The van der Waals surface area contributed by atoms with Crippen molar-refractivity contribution >= 4 is 11.9 Å². The average Bonchev–Trinajstić information content (AvgIpc) is 2.43. The van der Waals surface area contributed by atoms with Crippen LogP contribution in [-0.2, 0) is 25.7 Å². The Balaban J connectivity index is 2.31. The first-order valence-electron chi connectivity index (χ1n) is 6.63. The second-order valence-corrected chi connectivity index (χ2v) is 4.97. The Bertz CT molecular complexity index is 500. The molecule has 0 saturated heterocycles. The third kappa shape index (κ3) is 6.83. The topological polar surface area (TPSA) is 52.6 Å². The van der Waals surface area contributed by atoms with Crippen LogP contribution in [0.25, 0.3) is 0 Å². The molecule has 0 radical (unpaired) electrons. The lowest BCUT2D eigenvalue weighted by Crippen LogP contribution is -2.13. The van der Waals surface area contributed by atoms with Gasteiger partial charge in [-0.25, -0.2) is 8.78 Å². The van der Waals surface area contributed by atoms with Crippen molar-refractivity contribution in [2.45, 2.75) is 33.3 Å². The molecule has 0 aliphatic heterocycles. The number of ether oxygens (including phenoxy) is 2. The van der Waals surface area contributed by atoms with E-state index < -0.39 is 23.6 Å². The molecule has 0 aliphatic rings. The molecule has 0 unspecified atom stereocenters. The fourth-order valence-corrected chi connectivity index (χ4v) is 1.42. The van der Waals surface area contributed by atoms with E-state index in [1.54, 1.807) is 0 Å². The number of rotatable bonds is 7. The Morgan fingerprint density at radius 2 is 1.71 bits per heavy atom. The van der Waals surface area contributed by atoms with Gasteiger partial charge in [0.25, 0.3) is 0 Å². The number of benzene rings is 1. The summed E-state index contributed by atoms with van der Waals surface area (Å²) in [6, 6.07) is 2.90. The zero-order valence-corrected chi connectivity index (χ0v) is 12.0. The monoisotopic (exact) mass is 300 g/mol. The molecule has 1 aromatic carbocycles. The lowest BCUT2D eigenvalue weighted by atomic mass is 10.2. The van der Waals surface area contributed by atoms with Crippen molar-refractivity contribution in [3.05, 3.63) is 35.4 Å². The highest BCUT2D eigenvalue weighted by atomic mass is 19.1. The first-order valence-corrected chi connectivity index (χ1v) is 6.63. The molecule has 0 heterocycles. The molecule has 1 aromatic rings. The van der Waals surface area contributed by atoms with E-state index in [2.05, 4.69) is 0 Å². The van der Waals surface area contributed by atoms with Crippen LogP contribution in [0.4, 0.5) is 8.78 Å². The van der Waals surface area contributed by atoms with Crippen LogP contribution in [0.15, 0.2) is 18.2 Å². The summed E-state index contributed by atoms with van der Waals surface area (Å²) in [6.45, 7) is 3.72. The van der Waals surface area contributed by atoms with Gasteiger partial charge in [0.05, 0.1) is 19.4 Å². The van der Waals surface area contributed by atoms with E-state index in [9.17, 15) is 18.4 Å². The van der Waals surface area contributed by atoms with Gasteiger partial charge in [-0.3, -0.25) is 9.59 Å². The Hall–Kier alpha value is -1.98. The van der Waals surface area contributed by atoms with Gasteiger partial charge in [-0.05, 0) is 24.1 Å². The number of esters is 2. The van der Waals surface area contributed by atoms with Gasteiger partial charge in [0.2, 0.25) is 0 Å². The minimum Gasteiger partial charge on any atom is -0.465 e. The van der Waals surface area contributed by atoms with Crippen LogP contribution in [0.2, 0.25) is 0 Å². The third-order valence-electron chi connectivity index (χ3n) is 2.51. The highest BCUT2D eigenvalue weighted by Gasteiger charge is 2.11. The second kappa shape index (κ2) is 8.34. The molecule has 6 heteroatoms. The zero-order chi connectivity index (χ0) is 15.8. The SMILES string of the molecule is CC(C)COC(=O)CCC(=O)OCc1cc(F)ccc1F. The highest BCUT2D eigenvalue weighted by Crippen LogP contribution is 2.11. The average molecular weight is 300 g/mol. The van der Waals surface area contributed by atoms with Crippen molar-refractivity contribution in [3.8, 4) is 0 Å². The molecule has 0 atom stereocenters. The highest BCUT2D eigenvalue weighted by molar-refractivity contribution is 5.77. The Morgan fingerprint density at radius 1 is 1.10 bits per heavy atom. The lowest BCUT2D eigenvalue weighted by molar-refractivity contribution is -0.151. The zero-order valence-electron chi connectivity index (χ0n) is 12.0. The van der Waals surface area contributed by atoms with Crippen molar-refractivity contribution in [3.63, 3.8) is 0 Å². The lowest BCUT2D eigenvalue weighted by Gasteiger charge is -2.08. The molecule has 0 spiro atoms. The van der Waals surface area contributed by atoms with Gasteiger partial charge >= 0.3 is 11.9 Å². The first-order chi connectivity index (χ1) is 9.88. The maximum Gasteiger partial charge on any atom is 0.306 e. The summed E-state index contributed by atoms with van der Waals surface area (Å²) in [5.41, 5.74) is -0.0502. The van der Waals surface area contributed by atoms with Gasteiger partial charge in [0, 0.05) is 5.56 Å². The third-order valence-corrected chi connectivity index (χ3v) is 2.51.